The molecule has 5 rings (SSSR count). The van der Waals surface area contributed by atoms with Crippen LogP contribution in [0.2, 0.25) is 0 Å². The summed E-state index contributed by atoms with van der Waals surface area (Å²) in [6, 6.07) is 3.56. The first-order valence-electron chi connectivity index (χ1n) is 15.3. The van der Waals surface area contributed by atoms with Gasteiger partial charge in [-0.05, 0) is 98.5 Å². The minimum absolute atomic E-state index is 0.0505. The number of aliphatic carboxylic acids is 1. The van der Waals surface area contributed by atoms with Gasteiger partial charge in [-0.3, -0.25) is 9.59 Å². The van der Waals surface area contributed by atoms with Crippen LogP contribution < -0.4 is 10.5 Å². The fraction of sp³-hybridized carbons (Fsp3) is 0.625. The van der Waals surface area contributed by atoms with Gasteiger partial charge in [0.2, 0.25) is 0 Å². The third-order valence-corrected chi connectivity index (χ3v) is 11.2. The maximum atomic E-state index is 12.5. The number of ketones is 1. The highest BCUT2D eigenvalue weighted by Gasteiger charge is 2.59. The van der Waals surface area contributed by atoms with E-state index < -0.39 is 35.9 Å². The first-order valence-corrected chi connectivity index (χ1v) is 15.3. The Morgan fingerprint density at radius 1 is 1.14 bits per heavy atom. The van der Waals surface area contributed by atoms with E-state index in [1.165, 1.54) is 23.8 Å². The SMILES string of the molecule is CC(=O)[C@H]1CC[C@@H]2[C@H]3CCC4=CC(=NOCC(=O)N[C@H](C(=O)O)[C@H](O)c5cccc([NH+]([O-])O)c5)CC[C@]4(C)[C@H]3CC[C@]12C. The maximum Gasteiger partial charge on any atom is 0.329 e. The quantitative estimate of drug-likeness (QED) is 0.270. The van der Waals surface area contributed by atoms with Crippen LogP contribution in [0.15, 0.2) is 41.1 Å². The van der Waals surface area contributed by atoms with E-state index in [9.17, 15) is 35.0 Å². The first-order chi connectivity index (χ1) is 20.3. The summed E-state index contributed by atoms with van der Waals surface area (Å²) in [6.45, 7) is 5.97. The van der Waals surface area contributed by atoms with Crippen LogP contribution in [-0.2, 0) is 19.2 Å². The van der Waals surface area contributed by atoms with Crippen molar-refractivity contribution >= 4 is 29.1 Å². The zero-order chi connectivity index (χ0) is 31.1. The highest BCUT2D eigenvalue weighted by Crippen LogP contribution is 2.66. The summed E-state index contributed by atoms with van der Waals surface area (Å²) in [5, 5.41) is 45.8. The monoisotopic (exact) mass is 597 g/mol. The number of nitrogens with zero attached hydrogens (tertiary/aromatic N) is 1. The molecule has 11 nitrogen and oxygen atoms in total. The maximum absolute atomic E-state index is 12.5. The summed E-state index contributed by atoms with van der Waals surface area (Å²) in [6.07, 6.45) is 8.58. The molecular formula is C32H43N3O8. The van der Waals surface area contributed by atoms with Crippen LogP contribution in [0.4, 0.5) is 5.69 Å². The van der Waals surface area contributed by atoms with Crippen molar-refractivity contribution in [1.29, 1.82) is 0 Å². The summed E-state index contributed by atoms with van der Waals surface area (Å²) in [7, 11) is 0. The molecule has 0 aliphatic heterocycles. The number of carboxylic acid groups (broad SMARTS) is 1. The number of hydrogen-bond acceptors (Lipinski definition) is 8. The van der Waals surface area contributed by atoms with E-state index in [-0.39, 0.29) is 28.0 Å². The molecule has 1 amide bonds. The van der Waals surface area contributed by atoms with E-state index in [0.717, 1.165) is 56.7 Å². The van der Waals surface area contributed by atoms with Gasteiger partial charge in [0, 0.05) is 18.1 Å². The molecule has 9 atom stereocenters. The average molecular weight is 598 g/mol. The Hall–Kier alpha value is -3.12. The fourth-order valence-corrected chi connectivity index (χ4v) is 9.02. The van der Waals surface area contributed by atoms with Crippen LogP contribution in [-0.4, -0.2) is 51.4 Å². The second-order valence-electron chi connectivity index (χ2n) is 13.4. The molecule has 5 N–H and O–H groups in total. The lowest BCUT2D eigenvalue weighted by molar-refractivity contribution is -0.991. The number of fused-ring (bicyclic) bond motifs is 5. The Morgan fingerprint density at radius 3 is 2.60 bits per heavy atom. The van der Waals surface area contributed by atoms with Crippen molar-refractivity contribution in [2.24, 2.45) is 39.7 Å². The largest absolute Gasteiger partial charge is 0.595 e. The van der Waals surface area contributed by atoms with Crippen molar-refractivity contribution in [2.75, 3.05) is 6.61 Å². The van der Waals surface area contributed by atoms with Gasteiger partial charge in [0.05, 0.1) is 5.71 Å². The number of benzene rings is 1. The molecule has 43 heavy (non-hydrogen) atoms. The van der Waals surface area contributed by atoms with E-state index in [1.807, 2.05) is 0 Å². The number of Topliss-reactive ketones (excluding diaryl/α,β-unsaturated/α-hetero) is 1. The van der Waals surface area contributed by atoms with Crippen molar-refractivity contribution < 1.29 is 39.9 Å². The second kappa shape index (κ2) is 12.1. The van der Waals surface area contributed by atoms with Gasteiger partial charge in [-0.2, -0.15) is 5.23 Å². The molecule has 3 saturated carbocycles. The average Bonchev–Trinajstić information content (AvgIpc) is 3.33. The zero-order valence-electron chi connectivity index (χ0n) is 25.0. The van der Waals surface area contributed by atoms with Crippen molar-refractivity contribution in [3.05, 3.63) is 46.7 Å². The predicted molar refractivity (Wildman–Crippen MR) is 156 cm³/mol. The topological polar surface area (TPSA) is 173 Å². The molecule has 1 aromatic rings. The number of amides is 1. The summed E-state index contributed by atoms with van der Waals surface area (Å²) in [5.74, 6) is 0.109. The van der Waals surface area contributed by atoms with Crippen LogP contribution in [0.5, 0.6) is 0 Å². The van der Waals surface area contributed by atoms with Crippen molar-refractivity contribution in [3.8, 4) is 0 Å². The number of aliphatic hydroxyl groups excluding tert-OH is 1. The smallest absolute Gasteiger partial charge is 0.329 e. The summed E-state index contributed by atoms with van der Waals surface area (Å²) in [5.41, 5.74) is 2.26. The number of carboxylic acids is 1. The highest BCUT2D eigenvalue weighted by molar-refractivity contribution is 5.96. The summed E-state index contributed by atoms with van der Waals surface area (Å²) >= 11 is 0. The van der Waals surface area contributed by atoms with Gasteiger partial charge in [-0.15, -0.1) is 0 Å². The molecule has 0 heterocycles. The molecule has 1 unspecified atom stereocenters. The fourth-order valence-electron chi connectivity index (χ4n) is 9.02. The van der Waals surface area contributed by atoms with Crippen LogP contribution in [0.25, 0.3) is 0 Å². The molecule has 11 heteroatoms. The number of carbonyl (C=O) groups is 3. The Labute approximate surface area is 251 Å². The minimum Gasteiger partial charge on any atom is -0.595 e. The van der Waals surface area contributed by atoms with Gasteiger partial charge in [0.1, 0.15) is 11.9 Å². The summed E-state index contributed by atoms with van der Waals surface area (Å²) < 4.78 is 0. The molecule has 0 aromatic heterocycles. The first kappa shape index (κ1) is 31.3. The molecule has 0 bridgehead atoms. The third kappa shape index (κ3) is 5.87. The van der Waals surface area contributed by atoms with E-state index in [2.05, 4.69) is 30.4 Å². The van der Waals surface area contributed by atoms with Crippen molar-refractivity contribution in [2.45, 2.75) is 84.3 Å². The molecule has 0 spiro atoms. The number of aliphatic hydroxyl groups is 1. The Balaban J connectivity index is 1.20. The van der Waals surface area contributed by atoms with Gasteiger partial charge in [0.15, 0.2) is 18.3 Å². The number of quaternary nitrogens is 1. The molecule has 4 aliphatic carbocycles. The summed E-state index contributed by atoms with van der Waals surface area (Å²) in [4.78, 5) is 42.0. The van der Waals surface area contributed by atoms with Crippen LogP contribution >= 0.6 is 0 Å². The van der Waals surface area contributed by atoms with E-state index in [4.69, 9.17) is 4.84 Å². The minimum atomic E-state index is -1.71. The molecule has 3 fully saturated rings. The molecule has 0 saturated heterocycles. The van der Waals surface area contributed by atoms with Crippen molar-refractivity contribution in [1.82, 2.24) is 5.32 Å². The molecule has 0 radical (unpaired) electrons. The van der Waals surface area contributed by atoms with E-state index in [0.29, 0.717) is 30.0 Å². The van der Waals surface area contributed by atoms with Gasteiger partial charge < -0.3 is 25.6 Å². The van der Waals surface area contributed by atoms with E-state index >= 15 is 0 Å². The number of carbonyl (C=O) groups excluding carboxylic acids is 2. The number of rotatable bonds is 9. The number of nitrogens with one attached hydrogen (secondary N) is 2. The van der Waals surface area contributed by atoms with Crippen LogP contribution in [0.3, 0.4) is 0 Å². The lowest BCUT2D eigenvalue weighted by Gasteiger charge is -2.58. The number of oxime groups is 1. The molecule has 234 valence electrons. The Kier molecular flexibility index (Phi) is 8.82. The third-order valence-electron chi connectivity index (χ3n) is 11.2. The molecule has 4 aliphatic rings. The lowest BCUT2D eigenvalue weighted by atomic mass is 9.46. The van der Waals surface area contributed by atoms with Crippen LogP contribution in [0.1, 0.15) is 83.8 Å². The zero-order valence-corrected chi connectivity index (χ0v) is 25.0. The Bertz CT molecular complexity index is 1330. The van der Waals surface area contributed by atoms with Gasteiger partial charge >= 0.3 is 5.97 Å². The van der Waals surface area contributed by atoms with Gasteiger partial charge in [0.25, 0.3) is 5.91 Å². The normalized spacial score (nSPS) is 34.6. The van der Waals surface area contributed by atoms with E-state index in [1.54, 1.807) is 6.92 Å². The molecule has 1 aromatic carbocycles. The van der Waals surface area contributed by atoms with Gasteiger partial charge in [-0.1, -0.05) is 36.7 Å². The number of allylic oxidation sites excluding steroid dienone is 2. The predicted octanol–water partition coefficient (Wildman–Crippen LogP) is 3.23. The van der Waals surface area contributed by atoms with Crippen molar-refractivity contribution in [3.63, 3.8) is 0 Å². The van der Waals surface area contributed by atoms with Crippen LogP contribution in [0, 0.1) is 39.7 Å². The highest BCUT2D eigenvalue weighted by atomic mass is 16.8. The lowest BCUT2D eigenvalue weighted by Crippen LogP contribution is -2.99. The number of hydrogen-bond donors (Lipinski definition) is 5. The Morgan fingerprint density at radius 2 is 1.91 bits per heavy atom. The second-order valence-corrected chi connectivity index (χ2v) is 13.4. The standard InChI is InChI=1S/C32H43N3O8/c1-18(36)24-9-10-25-23-8-7-20-16-21(11-13-31(20,2)26(23)12-14-32(24,25)3)34-43-17-27(37)33-28(30(39)40)29(38)19-5-4-6-22(15-19)35(41)42/h4-6,15-16,23-26,28-29,35,38,41H,7-14,17H2,1-3H3,(H,33,37)(H,39,40)/t23-,24-,25-,26+,28+,29-,31+,32-/m1/s1. The van der Waals surface area contributed by atoms with Gasteiger partial charge in [-0.25, -0.2) is 10.0 Å². The molecular weight excluding hydrogens is 554 g/mol.